The number of aliphatic hydroxyl groups is 1. The van der Waals surface area contributed by atoms with Crippen molar-refractivity contribution >= 4 is 6.03 Å². The van der Waals surface area contributed by atoms with Crippen molar-refractivity contribution in [3.8, 4) is 0 Å². The van der Waals surface area contributed by atoms with Crippen LogP contribution >= 0.6 is 0 Å². The molecule has 116 valence electrons. The highest BCUT2D eigenvalue weighted by atomic mass is 19.1. The third-order valence-corrected chi connectivity index (χ3v) is 4.18. The predicted molar refractivity (Wildman–Crippen MR) is 79.4 cm³/mol. The normalized spacial score (nSPS) is 17.6. The summed E-state index contributed by atoms with van der Waals surface area (Å²) in [5.41, 5.74) is 1.47. The average molecular weight is 294 g/mol. The van der Waals surface area contributed by atoms with Crippen molar-refractivity contribution in [3.05, 3.63) is 35.1 Å². The Bertz CT molecular complexity index is 497. The van der Waals surface area contributed by atoms with E-state index in [1.165, 1.54) is 6.07 Å². The number of aliphatic hydroxyl groups excluding tert-OH is 1. The van der Waals surface area contributed by atoms with Crippen LogP contribution in [0.5, 0.6) is 0 Å². The Balaban J connectivity index is 1.81. The number of halogens is 1. The number of amides is 2. The number of aryl methyl sites for hydroxylation is 1. The zero-order valence-corrected chi connectivity index (χ0v) is 12.6. The SMILES string of the molecule is Cc1cc(CNC(=O)N2CCC(C(C)O)CC2)ccc1F. The lowest BCUT2D eigenvalue weighted by atomic mass is 9.92. The molecule has 0 aliphatic carbocycles. The largest absolute Gasteiger partial charge is 0.393 e. The van der Waals surface area contributed by atoms with Crippen molar-refractivity contribution in [2.75, 3.05) is 13.1 Å². The Morgan fingerprint density at radius 3 is 2.71 bits per heavy atom. The topological polar surface area (TPSA) is 52.6 Å². The van der Waals surface area contributed by atoms with E-state index in [-0.39, 0.29) is 23.9 Å². The Labute approximate surface area is 125 Å². The van der Waals surface area contributed by atoms with Gasteiger partial charge in [0.15, 0.2) is 0 Å². The maximum atomic E-state index is 13.2. The Hall–Kier alpha value is -1.62. The van der Waals surface area contributed by atoms with Gasteiger partial charge in [0.2, 0.25) is 0 Å². The molecule has 2 N–H and O–H groups in total. The molecule has 0 aromatic heterocycles. The van der Waals surface area contributed by atoms with E-state index < -0.39 is 0 Å². The molecule has 1 aromatic carbocycles. The van der Waals surface area contributed by atoms with Crippen LogP contribution in [0.4, 0.5) is 9.18 Å². The van der Waals surface area contributed by atoms with Gasteiger partial charge in [0.1, 0.15) is 5.82 Å². The maximum absolute atomic E-state index is 13.2. The molecule has 0 bridgehead atoms. The van der Waals surface area contributed by atoms with Crippen LogP contribution in [0.1, 0.15) is 30.9 Å². The molecular formula is C16H23FN2O2. The summed E-state index contributed by atoms with van der Waals surface area (Å²) in [4.78, 5) is 13.9. The summed E-state index contributed by atoms with van der Waals surface area (Å²) in [6.07, 6.45) is 1.36. The number of carbonyl (C=O) groups excluding carboxylic acids is 1. The van der Waals surface area contributed by atoms with Crippen molar-refractivity contribution in [1.82, 2.24) is 10.2 Å². The van der Waals surface area contributed by atoms with Crippen molar-refractivity contribution in [2.24, 2.45) is 5.92 Å². The summed E-state index contributed by atoms with van der Waals surface area (Å²) in [6, 6.07) is 4.75. The molecule has 1 aliphatic heterocycles. The second kappa shape index (κ2) is 6.89. The zero-order valence-electron chi connectivity index (χ0n) is 12.6. The first kappa shape index (κ1) is 15.8. The summed E-state index contributed by atoms with van der Waals surface area (Å²) >= 11 is 0. The van der Waals surface area contributed by atoms with Crippen molar-refractivity contribution < 1.29 is 14.3 Å². The van der Waals surface area contributed by atoms with E-state index in [1.807, 2.05) is 0 Å². The lowest BCUT2D eigenvalue weighted by Gasteiger charge is -2.33. The minimum absolute atomic E-state index is 0.0963. The first-order valence-electron chi connectivity index (χ1n) is 7.43. The first-order valence-corrected chi connectivity index (χ1v) is 7.43. The number of piperidine rings is 1. The number of carbonyl (C=O) groups is 1. The Morgan fingerprint density at radius 2 is 2.14 bits per heavy atom. The monoisotopic (exact) mass is 294 g/mol. The van der Waals surface area contributed by atoms with Crippen LogP contribution in [0, 0.1) is 18.7 Å². The summed E-state index contributed by atoms with van der Waals surface area (Å²) in [5.74, 6) is 0.0547. The molecular weight excluding hydrogens is 271 g/mol. The van der Waals surface area contributed by atoms with E-state index in [1.54, 1.807) is 30.9 Å². The molecule has 0 spiro atoms. The molecule has 0 radical (unpaired) electrons. The second-order valence-electron chi connectivity index (χ2n) is 5.81. The molecule has 1 fully saturated rings. The number of rotatable bonds is 3. The minimum atomic E-state index is -0.308. The molecule has 21 heavy (non-hydrogen) atoms. The average Bonchev–Trinajstić information content (AvgIpc) is 2.48. The first-order chi connectivity index (χ1) is 9.97. The fourth-order valence-corrected chi connectivity index (χ4v) is 2.69. The fraction of sp³-hybridized carbons (Fsp3) is 0.562. The van der Waals surface area contributed by atoms with Gasteiger partial charge >= 0.3 is 6.03 Å². The highest BCUT2D eigenvalue weighted by Crippen LogP contribution is 2.20. The standard InChI is InChI=1S/C16H23FN2O2/c1-11-9-13(3-4-15(11)17)10-18-16(21)19-7-5-14(6-8-19)12(2)20/h3-4,9,12,14,20H,5-8,10H2,1-2H3,(H,18,21). The summed E-state index contributed by atoms with van der Waals surface area (Å²) in [5, 5.41) is 12.4. The third kappa shape index (κ3) is 4.17. The van der Waals surface area contributed by atoms with E-state index in [2.05, 4.69) is 5.32 Å². The van der Waals surface area contributed by atoms with Crippen molar-refractivity contribution in [2.45, 2.75) is 39.3 Å². The van der Waals surface area contributed by atoms with Gasteiger partial charge in [-0.2, -0.15) is 0 Å². The predicted octanol–water partition coefficient (Wildman–Crippen LogP) is 2.44. The summed E-state index contributed by atoms with van der Waals surface area (Å²) < 4.78 is 13.2. The molecule has 0 saturated carbocycles. The molecule has 1 atom stereocenters. The number of urea groups is 1. The maximum Gasteiger partial charge on any atom is 0.317 e. The molecule has 2 rings (SSSR count). The van der Waals surface area contributed by atoms with Gasteiger partial charge < -0.3 is 15.3 Å². The van der Waals surface area contributed by atoms with Gasteiger partial charge in [0.25, 0.3) is 0 Å². The second-order valence-corrected chi connectivity index (χ2v) is 5.81. The van der Waals surface area contributed by atoms with Crippen LogP contribution < -0.4 is 5.32 Å². The van der Waals surface area contributed by atoms with Crippen LogP contribution in [-0.4, -0.2) is 35.2 Å². The lowest BCUT2D eigenvalue weighted by Crippen LogP contribution is -2.45. The van der Waals surface area contributed by atoms with Gasteiger partial charge in [0.05, 0.1) is 6.10 Å². The minimum Gasteiger partial charge on any atom is -0.393 e. The van der Waals surface area contributed by atoms with Crippen LogP contribution in [0.15, 0.2) is 18.2 Å². The number of nitrogens with zero attached hydrogens (tertiary/aromatic N) is 1. The number of benzene rings is 1. The highest BCUT2D eigenvalue weighted by Gasteiger charge is 2.25. The van der Waals surface area contributed by atoms with Gasteiger partial charge in [-0.25, -0.2) is 9.18 Å². The van der Waals surface area contributed by atoms with Crippen LogP contribution in [0.3, 0.4) is 0 Å². The van der Waals surface area contributed by atoms with E-state index in [0.717, 1.165) is 18.4 Å². The molecule has 1 saturated heterocycles. The molecule has 1 heterocycles. The molecule has 4 nitrogen and oxygen atoms in total. The van der Waals surface area contributed by atoms with Gasteiger partial charge in [-0.15, -0.1) is 0 Å². The third-order valence-electron chi connectivity index (χ3n) is 4.18. The van der Waals surface area contributed by atoms with Crippen LogP contribution in [0.25, 0.3) is 0 Å². The molecule has 5 heteroatoms. The van der Waals surface area contributed by atoms with Gasteiger partial charge in [-0.05, 0) is 49.8 Å². The van der Waals surface area contributed by atoms with E-state index >= 15 is 0 Å². The van der Waals surface area contributed by atoms with Gasteiger partial charge in [-0.1, -0.05) is 12.1 Å². The Kier molecular flexibility index (Phi) is 5.17. The van der Waals surface area contributed by atoms with E-state index in [4.69, 9.17) is 0 Å². The zero-order chi connectivity index (χ0) is 15.4. The Morgan fingerprint density at radius 1 is 1.48 bits per heavy atom. The van der Waals surface area contributed by atoms with E-state index in [9.17, 15) is 14.3 Å². The number of nitrogens with one attached hydrogen (secondary N) is 1. The fourth-order valence-electron chi connectivity index (χ4n) is 2.69. The number of hydrogen-bond donors (Lipinski definition) is 2. The van der Waals surface area contributed by atoms with E-state index in [0.29, 0.717) is 25.2 Å². The summed E-state index contributed by atoms with van der Waals surface area (Å²) in [7, 11) is 0. The molecule has 2 amide bonds. The van der Waals surface area contributed by atoms with Gasteiger partial charge in [-0.3, -0.25) is 0 Å². The lowest BCUT2D eigenvalue weighted by molar-refractivity contribution is 0.0798. The van der Waals surface area contributed by atoms with Gasteiger partial charge in [0, 0.05) is 19.6 Å². The highest BCUT2D eigenvalue weighted by molar-refractivity contribution is 5.74. The van der Waals surface area contributed by atoms with Crippen molar-refractivity contribution in [1.29, 1.82) is 0 Å². The number of hydrogen-bond acceptors (Lipinski definition) is 2. The number of likely N-dealkylation sites (tertiary alicyclic amines) is 1. The quantitative estimate of drug-likeness (QED) is 0.899. The van der Waals surface area contributed by atoms with Crippen molar-refractivity contribution in [3.63, 3.8) is 0 Å². The summed E-state index contributed by atoms with van der Waals surface area (Å²) in [6.45, 7) is 5.25. The molecule has 1 aromatic rings. The molecule has 1 aliphatic rings. The smallest absolute Gasteiger partial charge is 0.317 e. The van der Waals surface area contributed by atoms with Crippen LogP contribution in [0.2, 0.25) is 0 Å². The molecule has 1 unspecified atom stereocenters. The van der Waals surface area contributed by atoms with Crippen LogP contribution in [-0.2, 0) is 6.54 Å².